The van der Waals surface area contributed by atoms with Gasteiger partial charge in [0.1, 0.15) is 11.9 Å². The smallest absolute Gasteiger partial charge is 0.133 e. The van der Waals surface area contributed by atoms with Gasteiger partial charge in [0.25, 0.3) is 0 Å². The first-order chi connectivity index (χ1) is 7.76. The van der Waals surface area contributed by atoms with Crippen molar-refractivity contribution in [3.05, 3.63) is 36.4 Å². The first-order valence-electron chi connectivity index (χ1n) is 5.21. The number of aromatic nitrogens is 4. The van der Waals surface area contributed by atoms with E-state index in [0.29, 0.717) is 0 Å². The summed E-state index contributed by atoms with van der Waals surface area (Å²) in [5, 5.41) is 0. The third-order valence-corrected chi connectivity index (χ3v) is 2.53. The first-order valence-corrected chi connectivity index (χ1v) is 5.21. The number of nitrogens with one attached hydrogen (secondary N) is 1. The Morgan fingerprint density at radius 3 is 2.88 bits per heavy atom. The second-order valence-electron chi connectivity index (χ2n) is 3.64. The Morgan fingerprint density at radius 2 is 2.31 bits per heavy atom. The van der Waals surface area contributed by atoms with Crippen molar-refractivity contribution in [3.63, 3.8) is 0 Å². The molecule has 2 heterocycles. The second kappa shape index (κ2) is 4.46. The molecule has 2 aromatic heterocycles. The van der Waals surface area contributed by atoms with Gasteiger partial charge in [0.2, 0.25) is 0 Å². The largest absolute Gasteiger partial charge is 0.340 e. The molecule has 0 bridgehead atoms. The number of hydrazine groups is 1. The topological polar surface area (TPSA) is 73.7 Å². The van der Waals surface area contributed by atoms with Crippen molar-refractivity contribution in [1.82, 2.24) is 24.5 Å². The van der Waals surface area contributed by atoms with E-state index in [1.54, 1.807) is 12.5 Å². The molecule has 0 saturated carbocycles. The normalized spacial score (nSPS) is 12.9. The Balaban J connectivity index is 2.36. The van der Waals surface area contributed by atoms with Crippen LogP contribution in [0.15, 0.2) is 24.9 Å². The van der Waals surface area contributed by atoms with Crippen LogP contribution in [0.2, 0.25) is 0 Å². The van der Waals surface area contributed by atoms with Crippen LogP contribution >= 0.6 is 0 Å². The van der Waals surface area contributed by atoms with Gasteiger partial charge in [0.05, 0.1) is 12.0 Å². The van der Waals surface area contributed by atoms with E-state index in [2.05, 4.69) is 22.3 Å². The minimum Gasteiger partial charge on any atom is -0.340 e. The highest BCUT2D eigenvalue weighted by Gasteiger charge is 2.19. The molecule has 2 aromatic rings. The Labute approximate surface area is 94.1 Å². The quantitative estimate of drug-likeness (QED) is 0.570. The van der Waals surface area contributed by atoms with Gasteiger partial charge in [-0.2, -0.15) is 0 Å². The molecular formula is C10H16N6. The van der Waals surface area contributed by atoms with Gasteiger partial charge in [-0.25, -0.2) is 15.4 Å². The Morgan fingerprint density at radius 1 is 1.50 bits per heavy atom. The molecule has 0 aliphatic heterocycles. The molecule has 0 radical (unpaired) electrons. The number of hydrogen-bond donors (Lipinski definition) is 2. The summed E-state index contributed by atoms with van der Waals surface area (Å²) in [5.41, 5.74) is 3.62. The van der Waals surface area contributed by atoms with Gasteiger partial charge in [-0.05, 0) is 6.92 Å². The minimum absolute atomic E-state index is 0.170. The van der Waals surface area contributed by atoms with Crippen LogP contribution in [0, 0.1) is 0 Å². The van der Waals surface area contributed by atoms with E-state index in [0.717, 1.165) is 18.1 Å². The van der Waals surface area contributed by atoms with Crippen LogP contribution in [0.1, 0.15) is 24.5 Å². The van der Waals surface area contributed by atoms with Crippen molar-refractivity contribution in [2.75, 3.05) is 0 Å². The summed E-state index contributed by atoms with van der Waals surface area (Å²) in [6, 6.07) is -0.170. The summed E-state index contributed by atoms with van der Waals surface area (Å²) in [5.74, 6) is 6.45. The summed E-state index contributed by atoms with van der Waals surface area (Å²) in [7, 11) is 1.93. The van der Waals surface area contributed by atoms with Crippen LogP contribution in [0.4, 0.5) is 0 Å². The highest BCUT2D eigenvalue weighted by atomic mass is 15.3. The van der Waals surface area contributed by atoms with E-state index >= 15 is 0 Å². The number of hydrogen-bond acceptors (Lipinski definition) is 4. The van der Waals surface area contributed by atoms with Crippen LogP contribution in [-0.4, -0.2) is 19.1 Å². The fourth-order valence-corrected chi connectivity index (χ4v) is 1.72. The zero-order chi connectivity index (χ0) is 11.5. The van der Waals surface area contributed by atoms with Gasteiger partial charge < -0.3 is 9.13 Å². The third kappa shape index (κ3) is 1.84. The summed E-state index contributed by atoms with van der Waals surface area (Å²) in [6.45, 7) is 2.93. The first kappa shape index (κ1) is 10.8. The average Bonchev–Trinajstić information content (AvgIpc) is 2.89. The third-order valence-electron chi connectivity index (χ3n) is 2.53. The predicted molar refractivity (Wildman–Crippen MR) is 60.3 cm³/mol. The Bertz CT molecular complexity index is 457. The van der Waals surface area contributed by atoms with Crippen molar-refractivity contribution >= 4 is 0 Å². The number of nitrogens with two attached hydrogens (primary N) is 1. The maximum Gasteiger partial charge on any atom is 0.133 e. The highest BCUT2D eigenvalue weighted by molar-refractivity contribution is 5.15. The summed E-state index contributed by atoms with van der Waals surface area (Å²) in [4.78, 5) is 8.60. The molecule has 16 heavy (non-hydrogen) atoms. The fourth-order valence-electron chi connectivity index (χ4n) is 1.72. The molecule has 0 aromatic carbocycles. The van der Waals surface area contributed by atoms with Gasteiger partial charge in [0.15, 0.2) is 0 Å². The molecule has 3 N–H and O–H groups in total. The van der Waals surface area contributed by atoms with Crippen LogP contribution < -0.4 is 11.3 Å². The van der Waals surface area contributed by atoms with E-state index in [4.69, 9.17) is 5.84 Å². The van der Waals surface area contributed by atoms with Crippen molar-refractivity contribution in [3.8, 4) is 0 Å². The summed E-state index contributed by atoms with van der Waals surface area (Å²) in [6.07, 6.45) is 7.38. The highest BCUT2D eigenvalue weighted by Crippen LogP contribution is 2.17. The van der Waals surface area contributed by atoms with Crippen LogP contribution in [0.5, 0.6) is 0 Å². The van der Waals surface area contributed by atoms with Crippen molar-refractivity contribution < 1.29 is 0 Å². The van der Waals surface area contributed by atoms with E-state index in [9.17, 15) is 0 Å². The maximum absolute atomic E-state index is 5.58. The van der Waals surface area contributed by atoms with Crippen LogP contribution in [0.25, 0.3) is 0 Å². The standard InChI is InChI=1S/C10H16N6/c1-3-16-5-4-12-10(16)9(14-11)8-6-15(2)7-13-8/h4-7,9,14H,3,11H2,1-2H3. The average molecular weight is 220 g/mol. The second-order valence-corrected chi connectivity index (χ2v) is 3.64. The summed E-state index contributed by atoms with van der Waals surface area (Å²) < 4.78 is 3.93. The van der Waals surface area contributed by atoms with E-state index < -0.39 is 0 Å². The zero-order valence-corrected chi connectivity index (χ0v) is 9.46. The number of imidazole rings is 2. The van der Waals surface area contributed by atoms with Gasteiger partial charge in [-0.3, -0.25) is 5.84 Å². The molecule has 6 heteroatoms. The molecule has 2 rings (SSSR count). The molecule has 0 spiro atoms. The molecule has 0 aliphatic carbocycles. The molecule has 0 aliphatic rings. The van der Waals surface area contributed by atoms with Gasteiger partial charge in [-0.1, -0.05) is 0 Å². The SMILES string of the molecule is CCn1ccnc1C(NN)c1cn(C)cn1. The van der Waals surface area contributed by atoms with E-state index in [-0.39, 0.29) is 6.04 Å². The van der Waals surface area contributed by atoms with Gasteiger partial charge in [0, 0.05) is 32.2 Å². The lowest BCUT2D eigenvalue weighted by atomic mass is 10.2. The molecular weight excluding hydrogens is 204 g/mol. The van der Waals surface area contributed by atoms with Crippen molar-refractivity contribution in [2.45, 2.75) is 19.5 Å². The summed E-state index contributed by atoms with van der Waals surface area (Å²) >= 11 is 0. The molecule has 6 nitrogen and oxygen atoms in total. The minimum atomic E-state index is -0.170. The predicted octanol–water partition coefficient (Wildman–Crippen LogP) is 0.189. The monoisotopic (exact) mass is 220 g/mol. The molecule has 1 atom stereocenters. The van der Waals surface area contributed by atoms with Crippen molar-refractivity contribution in [2.24, 2.45) is 12.9 Å². The van der Waals surface area contributed by atoms with Gasteiger partial charge >= 0.3 is 0 Å². The number of rotatable bonds is 4. The Kier molecular flexibility index (Phi) is 3.02. The van der Waals surface area contributed by atoms with Crippen LogP contribution in [0.3, 0.4) is 0 Å². The van der Waals surface area contributed by atoms with E-state index in [1.807, 2.05) is 28.6 Å². The Hall–Kier alpha value is -1.66. The number of nitrogens with zero attached hydrogens (tertiary/aromatic N) is 4. The van der Waals surface area contributed by atoms with Crippen LogP contribution in [-0.2, 0) is 13.6 Å². The number of aryl methyl sites for hydroxylation is 2. The molecule has 0 fully saturated rings. The molecule has 0 saturated heterocycles. The molecule has 0 amide bonds. The van der Waals surface area contributed by atoms with Crippen molar-refractivity contribution in [1.29, 1.82) is 0 Å². The van der Waals surface area contributed by atoms with Gasteiger partial charge in [-0.15, -0.1) is 0 Å². The zero-order valence-electron chi connectivity index (χ0n) is 9.46. The maximum atomic E-state index is 5.58. The molecule has 86 valence electrons. The lowest BCUT2D eigenvalue weighted by Gasteiger charge is -2.14. The van der Waals surface area contributed by atoms with E-state index in [1.165, 1.54) is 0 Å². The fraction of sp³-hybridized carbons (Fsp3) is 0.400. The lowest BCUT2D eigenvalue weighted by molar-refractivity contribution is 0.551. The lowest BCUT2D eigenvalue weighted by Crippen LogP contribution is -2.31. The molecule has 1 unspecified atom stereocenters.